The van der Waals surface area contributed by atoms with Gasteiger partial charge in [0.1, 0.15) is 0 Å². The number of hydrogen-bond donors (Lipinski definition) is 2. The van der Waals surface area contributed by atoms with Crippen LogP contribution in [-0.4, -0.2) is 25.2 Å². The second-order valence-electron chi connectivity index (χ2n) is 5.77. The first-order valence-corrected chi connectivity index (χ1v) is 7.92. The van der Waals surface area contributed by atoms with Crippen molar-refractivity contribution in [3.63, 3.8) is 0 Å². The van der Waals surface area contributed by atoms with Crippen LogP contribution in [0.1, 0.15) is 18.4 Å². The van der Waals surface area contributed by atoms with E-state index < -0.39 is 0 Å². The Bertz CT molecular complexity index is 709. The van der Waals surface area contributed by atoms with Crippen molar-refractivity contribution in [3.8, 4) is 0 Å². The van der Waals surface area contributed by atoms with Crippen LogP contribution in [0, 0.1) is 6.92 Å². The number of aryl methyl sites for hydroxylation is 1. The molecule has 23 heavy (non-hydrogen) atoms. The van der Waals surface area contributed by atoms with E-state index in [1.807, 2.05) is 49.6 Å². The Morgan fingerprint density at radius 1 is 1.30 bits per heavy atom. The third kappa shape index (κ3) is 3.97. The molecule has 3 rings (SSSR count). The van der Waals surface area contributed by atoms with E-state index in [4.69, 9.17) is 0 Å². The van der Waals surface area contributed by atoms with E-state index in [2.05, 4.69) is 21.7 Å². The second-order valence-corrected chi connectivity index (χ2v) is 5.77. The molecule has 4 nitrogen and oxygen atoms in total. The van der Waals surface area contributed by atoms with Crippen molar-refractivity contribution < 1.29 is 4.79 Å². The lowest BCUT2D eigenvalue weighted by atomic mass is 9.97. The number of rotatable bonds is 4. The highest BCUT2D eigenvalue weighted by Crippen LogP contribution is 2.23. The molecule has 118 valence electrons. The van der Waals surface area contributed by atoms with Gasteiger partial charge in [0.05, 0.1) is 6.42 Å². The summed E-state index contributed by atoms with van der Waals surface area (Å²) in [5, 5.41) is 6.36. The van der Waals surface area contributed by atoms with Crippen LogP contribution < -0.4 is 10.6 Å². The Morgan fingerprint density at radius 2 is 2.13 bits per heavy atom. The summed E-state index contributed by atoms with van der Waals surface area (Å²) < 4.78 is 0. The number of hydrogen-bond acceptors (Lipinski definition) is 3. The molecule has 0 fully saturated rings. The Hall–Kier alpha value is -2.62. The van der Waals surface area contributed by atoms with Gasteiger partial charge in [-0.15, -0.1) is 0 Å². The van der Waals surface area contributed by atoms with Crippen LogP contribution in [0.25, 0.3) is 0 Å². The number of dihydropyridines is 2. The number of aliphatic imine (C=N–C) groups is 1. The summed E-state index contributed by atoms with van der Waals surface area (Å²) in [6.45, 7) is 3.64. The van der Waals surface area contributed by atoms with Crippen LogP contribution in [0.3, 0.4) is 0 Å². The highest BCUT2D eigenvalue weighted by Gasteiger charge is 2.16. The van der Waals surface area contributed by atoms with Crippen LogP contribution in [0.4, 0.5) is 5.69 Å². The molecule has 2 heterocycles. The van der Waals surface area contributed by atoms with Crippen molar-refractivity contribution in [2.24, 2.45) is 4.99 Å². The van der Waals surface area contributed by atoms with Gasteiger partial charge in [0.2, 0.25) is 5.91 Å². The first-order chi connectivity index (χ1) is 11.2. The number of allylic oxidation sites excluding steroid dienone is 3. The number of anilines is 1. The lowest BCUT2D eigenvalue weighted by Gasteiger charge is -2.21. The molecule has 2 aliphatic heterocycles. The monoisotopic (exact) mass is 307 g/mol. The topological polar surface area (TPSA) is 53.5 Å². The summed E-state index contributed by atoms with van der Waals surface area (Å²) >= 11 is 0. The predicted molar refractivity (Wildman–Crippen MR) is 94.7 cm³/mol. The van der Waals surface area contributed by atoms with Crippen molar-refractivity contribution in [1.82, 2.24) is 5.32 Å². The lowest BCUT2D eigenvalue weighted by molar-refractivity contribution is -0.115. The predicted octanol–water partition coefficient (Wildman–Crippen LogP) is 3.14. The first-order valence-electron chi connectivity index (χ1n) is 7.92. The summed E-state index contributed by atoms with van der Waals surface area (Å²) in [6, 6.07) is 7.85. The molecule has 0 aromatic heterocycles. The number of benzene rings is 1. The third-order valence-electron chi connectivity index (χ3n) is 3.94. The quantitative estimate of drug-likeness (QED) is 0.898. The van der Waals surface area contributed by atoms with Gasteiger partial charge in [-0.05, 0) is 42.7 Å². The van der Waals surface area contributed by atoms with Gasteiger partial charge < -0.3 is 10.6 Å². The standard InChI is InChI=1S/C19H21N3O/c1-14-4-6-17(7-5-14)22-18(23)13-16-3-2-10-21-19(16)15-8-11-20-12-9-15/h2-8,11,21H,9-10,12-13H2,1H3,(H,22,23). The normalized spacial score (nSPS) is 16.8. The summed E-state index contributed by atoms with van der Waals surface area (Å²) in [5.41, 5.74) is 5.35. The average molecular weight is 307 g/mol. The zero-order valence-corrected chi connectivity index (χ0v) is 13.3. The number of amides is 1. The van der Waals surface area contributed by atoms with Crippen LogP contribution in [0.2, 0.25) is 0 Å². The summed E-state index contributed by atoms with van der Waals surface area (Å²) in [7, 11) is 0. The van der Waals surface area contributed by atoms with Crippen molar-refractivity contribution >= 4 is 17.8 Å². The first kappa shape index (κ1) is 15.3. The van der Waals surface area contributed by atoms with Gasteiger partial charge in [-0.3, -0.25) is 9.79 Å². The fraction of sp³-hybridized carbons (Fsp3) is 0.263. The molecule has 1 amide bonds. The van der Waals surface area contributed by atoms with Crippen LogP contribution in [0.15, 0.2) is 64.3 Å². The Kier molecular flexibility index (Phi) is 4.71. The Morgan fingerprint density at radius 3 is 2.87 bits per heavy atom. The maximum atomic E-state index is 12.3. The fourth-order valence-electron chi connectivity index (χ4n) is 2.74. The molecular weight excluding hydrogens is 286 g/mol. The largest absolute Gasteiger partial charge is 0.381 e. The molecule has 0 spiro atoms. The fourth-order valence-corrected chi connectivity index (χ4v) is 2.74. The van der Waals surface area contributed by atoms with Crippen molar-refractivity contribution in [2.75, 3.05) is 18.4 Å². The molecule has 2 aliphatic rings. The second kappa shape index (κ2) is 7.09. The van der Waals surface area contributed by atoms with E-state index in [-0.39, 0.29) is 5.91 Å². The third-order valence-corrected chi connectivity index (χ3v) is 3.94. The minimum absolute atomic E-state index is 0.000204. The number of nitrogens with one attached hydrogen (secondary N) is 2. The molecule has 2 N–H and O–H groups in total. The molecule has 0 aliphatic carbocycles. The average Bonchev–Trinajstić information content (AvgIpc) is 2.58. The molecular formula is C19H21N3O. The highest BCUT2D eigenvalue weighted by molar-refractivity contribution is 5.93. The van der Waals surface area contributed by atoms with E-state index in [1.54, 1.807) is 0 Å². The summed E-state index contributed by atoms with van der Waals surface area (Å²) in [6.07, 6.45) is 9.25. The maximum Gasteiger partial charge on any atom is 0.228 e. The maximum absolute atomic E-state index is 12.3. The van der Waals surface area contributed by atoms with E-state index >= 15 is 0 Å². The SMILES string of the molecule is Cc1ccc(NC(=O)CC2=C(C3=CC=NCC3)NCC=C2)cc1. The summed E-state index contributed by atoms with van der Waals surface area (Å²) in [4.78, 5) is 16.6. The molecule has 4 heteroatoms. The van der Waals surface area contributed by atoms with Crippen LogP contribution in [-0.2, 0) is 4.79 Å². The van der Waals surface area contributed by atoms with Gasteiger partial charge in [-0.2, -0.15) is 0 Å². The van der Waals surface area contributed by atoms with Gasteiger partial charge in [-0.1, -0.05) is 29.8 Å². The van der Waals surface area contributed by atoms with Gasteiger partial charge in [0, 0.05) is 30.7 Å². The van der Waals surface area contributed by atoms with Crippen LogP contribution >= 0.6 is 0 Å². The van der Waals surface area contributed by atoms with E-state index in [0.717, 1.165) is 36.5 Å². The molecule has 0 saturated carbocycles. The number of nitrogens with zero attached hydrogens (tertiary/aromatic N) is 1. The zero-order valence-electron chi connectivity index (χ0n) is 13.3. The molecule has 0 unspecified atom stereocenters. The van der Waals surface area contributed by atoms with Gasteiger partial charge in [0.15, 0.2) is 0 Å². The molecule has 1 aromatic rings. The zero-order chi connectivity index (χ0) is 16.1. The van der Waals surface area contributed by atoms with E-state index in [0.29, 0.717) is 6.42 Å². The van der Waals surface area contributed by atoms with Gasteiger partial charge in [-0.25, -0.2) is 0 Å². The van der Waals surface area contributed by atoms with E-state index in [9.17, 15) is 4.79 Å². The van der Waals surface area contributed by atoms with Gasteiger partial charge >= 0.3 is 0 Å². The molecule has 0 saturated heterocycles. The van der Waals surface area contributed by atoms with Crippen molar-refractivity contribution in [2.45, 2.75) is 19.8 Å². The van der Waals surface area contributed by atoms with Crippen molar-refractivity contribution in [3.05, 3.63) is 64.9 Å². The minimum Gasteiger partial charge on any atom is -0.381 e. The smallest absolute Gasteiger partial charge is 0.228 e. The Labute approximate surface area is 136 Å². The summed E-state index contributed by atoms with van der Waals surface area (Å²) in [5.74, 6) is -0.000204. The van der Waals surface area contributed by atoms with Crippen molar-refractivity contribution in [1.29, 1.82) is 0 Å². The van der Waals surface area contributed by atoms with E-state index in [1.165, 1.54) is 11.1 Å². The molecule has 0 radical (unpaired) electrons. The van der Waals surface area contributed by atoms with Gasteiger partial charge in [0.25, 0.3) is 0 Å². The lowest BCUT2D eigenvalue weighted by Crippen LogP contribution is -2.23. The number of carbonyl (C=O) groups excluding carboxylic acids is 1. The molecule has 1 aromatic carbocycles. The van der Waals surface area contributed by atoms with Crippen LogP contribution in [0.5, 0.6) is 0 Å². The highest BCUT2D eigenvalue weighted by atomic mass is 16.1. The minimum atomic E-state index is -0.000204. The Balaban J connectivity index is 1.73. The molecule has 0 bridgehead atoms. The number of carbonyl (C=O) groups is 1. The molecule has 0 atom stereocenters.